The van der Waals surface area contributed by atoms with Crippen molar-refractivity contribution in [2.24, 2.45) is 0 Å². The van der Waals surface area contributed by atoms with Gasteiger partial charge in [-0.1, -0.05) is 19.8 Å². The molecule has 2 unspecified atom stereocenters. The Kier molecular flexibility index (Phi) is 7.19. The van der Waals surface area contributed by atoms with E-state index in [-0.39, 0.29) is 11.3 Å². The molecule has 0 aromatic carbocycles. The van der Waals surface area contributed by atoms with E-state index in [4.69, 9.17) is 4.74 Å². The van der Waals surface area contributed by atoms with E-state index in [1.54, 1.807) is 0 Å². The smallest absolute Gasteiger partial charge is 0.151 e. The van der Waals surface area contributed by atoms with E-state index in [1.165, 1.54) is 6.26 Å². The zero-order valence-corrected chi connectivity index (χ0v) is 12.5. The lowest BCUT2D eigenvalue weighted by Crippen LogP contribution is -2.40. The molecule has 1 aliphatic rings. The molecule has 1 rings (SSSR count). The summed E-state index contributed by atoms with van der Waals surface area (Å²) in [5.41, 5.74) is 0. The van der Waals surface area contributed by atoms with Crippen LogP contribution in [0.4, 0.5) is 0 Å². The number of rotatable bonds is 9. The van der Waals surface area contributed by atoms with Crippen LogP contribution in [-0.4, -0.2) is 45.7 Å². The summed E-state index contributed by atoms with van der Waals surface area (Å²) in [5.74, 6) is 0. The molecule has 0 aromatic heterocycles. The second-order valence-electron chi connectivity index (χ2n) is 5.18. The van der Waals surface area contributed by atoms with Crippen LogP contribution >= 0.6 is 0 Å². The summed E-state index contributed by atoms with van der Waals surface area (Å²) in [5, 5.41) is 3.19. The van der Waals surface area contributed by atoms with E-state index >= 15 is 0 Å². The minimum atomic E-state index is -2.90. The van der Waals surface area contributed by atoms with Gasteiger partial charge in [0, 0.05) is 25.5 Å². The van der Waals surface area contributed by atoms with Crippen molar-refractivity contribution in [2.45, 2.75) is 56.7 Å². The van der Waals surface area contributed by atoms with Crippen LogP contribution in [0.25, 0.3) is 0 Å². The van der Waals surface area contributed by atoms with Gasteiger partial charge in [-0.05, 0) is 32.2 Å². The third kappa shape index (κ3) is 5.67. The molecular formula is C13H27NO3S. The standard InChI is InChI=1S/C13H27NO3S/c1-3-4-10-17-11-6-9-14-12-7-5-8-13(12)18(2,15)16/h12-14H,3-11H2,1-2H3. The normalized spacial score (nSPS) is 24.6. The molecule has 0 aliphatic heterocycles. The molecule has 0 spiro atoms. The van der Waals surface area contributed by atoms with Crippen LogP contribution < -0.4 is 5.32 Å². The first kappa shape index (κ1) is 15.9. The molecular weight excluding hydrogens is 250 g/mol. The predicted octanol–water partition coefficient (Wildman–Crippen LogP) is 1.75. The minimum absolute atomic E-state index is 0.149. The summed E-state index contributed by atoms with van der Waals surface area (Å²) in [6, 6.07) is 0.149. The maximum absolute atomic E-state index is 11.6. The lowest BCUT2D eigenvalue weighted by atomic mass is 10.2. The van der Waals surface area contributed by atoms with Gasteiger partial charge in [0.2, 0.25) is 0 Å². The van der Waals surface area contributed by atoms with Gasteiger partial charge < -0.3 is 10.1 Å². The first-order valence-electron chi connectivity index (χ1n) is 7.05. The monoisotopic (exact) mass is 277 g/mol. The van der Waals surface area contributed by atoms with Gasteiger partial charge in [-0.25, -0.2) is 8.42 Å². The molecule has 0 amide bonds. The highest BCUT2D eigenvalue weighted by Gasteiger charge is 2.33. The number of nitrogens with one attached hydrogen (secondary N) is 1. The maximum Gasteiger partial charge on any atom is 0.151 e. The van der Waals surface area contributed by atoms with Crippen LogP contribution in [0.3, 0.4) is 0 Å². The first-order valence-corrected chi connectivity index (χ1v) is 9.01. The average molecular weight is 277 g/mol. The molecule has 4 nitrogen and oxygen atoms in total. The number of ether oxygens (including phenoxy) is 1. The van der Waals surface area contributed by atoms with Gasteiger partial charge >= 0.3 is 0 Å². The van der Waals surface area contributed by atoms with Gasteiger partial charge in [0.15, 0.2) is 9.84 Å². The van der Waals surface area contributed by atoms with Gasteiger partial charge in [-0.3, -0.25) is 0 Å². The molecule has 108 valence electrons. The van der Waals surface area contributed by atoms with Crippen LogP contribution in [-0.2, 0) is 14.6 Å². The van der Waals surface area contributed by atoms with Gasteiger partial charge in [0.1, 0.15) is 0 Å². The van der Waals surface area contributed by atoms with Gasteiger partial charge in [0.25, 0.3) is 0 Å². The molecule has 1 N–H and O–H groups in total. The Morgan fingerprint density at radius 2 is 1.94 bits per heavy atom. The molecule has 0 heterocycles. The second-order valence-corrected chi connectivity index (χ2v) is 7.44. The highest BCUT2D eigenvalue weighted by atomic mass is 32.2. The third-order valence-electron chi connectivity index (χ3n) is 3.52. The van der Waals surface area contributed by atoms with E-state index in [0.29, 0.717) is 0 Å². The summed E-state index contributed by atoms with van der Waals surface area (Å²) >= 11 is 0. The van der Waals surface area contributed by atoms with Crippen molar-refractivity contribution >= 4 is 9.84 Å². The second kappa shape index (κ2) is 8.12. The fourth-order valence-corrected chi connectivity index (χ4v) is 3.91. The minimum Gasteiger partial charge on any atom is -0.381 e. The highest BCUT2D eigenvalue weighted by molar-refractivity contribution is 7.91. The molecule has 5 heteroatoms. The molecule has 2 atom stereocenters. The number of unbranched alkanes of at least 4 members (excludes halogenated alkanes) is 1. The average Bonchev–Trinajstić information content (AvgIpc) is 2.76. The van der Waals surface area contributed by atoms with E-state index < -0.39 is 9.84 Å². The van der Waals surface area contributed by atoms with Crippen molar-refractivity contribution in [1.82, 2.24) is 5.32 Å². The van der Waals surface area contributed by atoms with Crippen molar-refractivity contribution in [2.75, 3.05) is 26.0 Å². The van der Waals surface area contributed by atoms with E-state index in [9.17, 15) is 8.42 Å². The van der Waals surface area contributed by atoms with Gasteiger partial charge in [-0.15, -0.1) is 0 Å². The Bertz CT molecular complexity index is 316. The third-order valence-corrected chi connectivity index (χ3v) is 5.18. The van der Waals surface area contributed by atoms with Gasteiger partial charge in [0.05, 0.1) is 5.25 Å². The summed E-state index contributed by atoms with van der Waals surface area (Å²) in [4.78, 5) is 0. The van der Waals surface area contributed by atoms with E-state index in [2.05, 4.69) is 12.2 Å². The molecule has 0 aromatic rings. The lowest BCUT2D eigenvalue weighted by Gasteiger charge is -2.19. The maximum atomic E-state index is 11.6. The summed E-state index contributed by atoms with van der Waals surface area (Å²) < 4.78 is 28.6. The number of hydrogen-bond acceptors (Lipinski definition) is 4. The van der Waals surface area contributed by atoms with Crippen LogP contribution in [0.2, 0.25) is 0 Å². The fourth-order valence-electron chi connectivity index (χ4n) is 2.48. The SMILES string of the molecule is CCCCOCCCNC1CCCC1S(C)(=O)=O. The number of sulfone groups is 1. The van der Waals surface area contributed by atoms with Crippen LogP contribution in [0.5, 0.6) is 0 Å². The van der Waals surface area contributed by atoms with E-state index in [1.807, 2.05) is 0 Å². The van der Waals surface area contributed by atoms with Crippen molar-refractivity contribution in [3.05, 3.63) is 0 Å². The predicted molar refractivity (Wildman–Crippen MR) is 74.6 cm³/mol. The van der Waals surface area contributed by atoms with Crippen LogP contribution in [0, 0.1) is 0 Å². The Balaban J connectivity index is 2.12. The molecule has 1 saturated carbocycles. The Morgan fingerprint density at radius 3 is 2.61 bits per heavy atom. The lowest BCUT2D eigenvalue weighted by molar-refractivity contribution is 0.128. The molecule has 0 bridgehead atoms. The first-order chi connectivity index (χ1) is 8.55. The van der Waals surface area contributed by atoms with Crippen molar-refractivity contribution < 1.29 is 13.2 Å². The Morgan fingerprint density at radius 1 is 1.22 bits per heavy atom. The van der Waals surface area contributed by atoms with Crippen molar-refractivity contribution in [3.63, 3.8) is 0 Å². The van der Waals surface area contributed by atoms with Crippen molar-refractivity contribution in [1.29, 1.82) is 0 Å². The highest BCUT2D eigenvalue weighted by Crippen LogP contribution is 2.24. The summed E-state index contributed by atoms with van der Waals surface area (Å²) in [6.07, 6.45) is 7.39. The molecule has 0 radical (unpaired) electrons. The zero-order valence-electron chi connectivity index (χ0n) is 11.7. The van der Waals surface area contributed by atoms with Crippen LogP contribution in [0.1, 0.15) is 45.4 Å². The molecule has 0 saturated heterocycles. The van der Waals surface area contributed by atoms with Crippen molar-refractivity contribution in [3.8, 4) is 0 Å². The largest absolute Gasteiger partial charge is 0.381 e. The summed E-state index contributed by atoms with van der Waals surface area (Å²) in [7, 11) is -2.90. The zero-order chi connectivity index (χ0) is 13.4. The number of hydrogen-bond donors (Lipinski definition) is 1. The Labute approximate surface area is 111 Å². The topological polar surface area (TPSA) is 55.4 Å². The molecule has 18 heavy (non-hydrogen) atoms. The van der Waals surface area contributed by atoms with Gasteiger partial charge in [-0.2, -0.15) is 0 Å². The van der Waals surface area contributed by atoms with Crippen LogP contribution in [0.15, 0.2) is 0 Å². The molecule has 1 fully saturated rings. The van der Waals surface area contributed by atoms with E-state index in [0.717, 1.165) is 58.3 Å². The Hall–Kier alpha value is -0.130. The molecule has 1 aliphatic carbocycles. The fraction of sp³-hybridized carbons (Fsp3) is 1.00. The quantitative estimate of drug-likeness (QED) is 0.652. The summed E-state index contributed by atoms with van der Waals surface area (Å²) in [6.45, 7) is 4.61.